The summed E-state index contributed by atoms with van der Waals surface area (Å²) < 4.78 is 38.6. The Bertz CT molecular complexity index is 1550. The highest BCUT2D eigenvalue weighted by molar-refractivity contribution is 7.89. The second-order valence-electron chi connectivity index (χ2n) is 7.50. The van der Waals surface area contributed by atoms with Crippen molar-refractivity contribution in [2.24, 2.45) is 5.14 Å². The zero-order valence-electron chi connectivity index (χ0n) is 18.0. The lowest BCUT2D eigenvalue weighted by atomic mass is 10.0. The molecule has 5 N–H and O–H groups in total. The van der Waals surface area contributed by atoms with Gasteiger partial charge in [0.25, 0.3) is 5.91 Å². The summed E-state index contributed by atoms with van der Waals surface area (Å²) in [6.07, 6.45) is 1.34. The molecule has 8 nitrogen and oxygen atoms in total. The number of carbonyl (C=O) groups is 1. The van der Waals surface area contributed by atoms with Gasteiger partial charge >= 0.3 is 0 Å². The Morgan fingerprint density at radius 1 is 1.00 bits per heavy atom. The monoisotopic (exact) mass is 477 g/mol. The topological polar surface area (TPSA) is 141 Å². The Morgan fingerprint density at radius 2 is 1.71 bits per heavy atom. The van der Waals surface area contributed by atoms with Gasteiger partial charge in [-0.1, -0.05) is 36.4 Å². The highest BCUT2D eigenvalue weighted by Gasteiger charge is 2.17. The van der Waals surface area contributed by atoms with Gasteiger partial charge in [-0.05, 0) is 54.0 Å². The number of nitrogens with one attached hydrogen (secondary N) is 1. The zero-order chi connectivity index (χ0) is 24.5. The molecule has 0 aliphatic heterocycles. The average Bonchev–Trinajstić information content (AvgIpc) is 2.83. The molecule has 0 radical (unpaired) electrons. The molecule has 0 bridgehead atoms. The second kappa shape index (κ2) is 9.00. The molecule has 10 heteroatoms. The minimum Gasteiger partial charge on any atom is -0.383 e. The lowest BCUT2D eigenvalue weighted by Gasteiger charge is -2.10. The largest absolute Gasteiger partial charge is 0.383 e. The quantitative estimate of drug-likeness (QED) is 0.373. The maximum Gasteiger partial charge on any atom is 0.284 e. The molecule has 1 aromatic heterocycles. The van der Waals surface area contributed by atoms with Crippen LogP contribution in [-0.2, 0) is 14.8 Å². The summed E-state index contributed by atoms with van der Waals surface area (Å²) in [5, 5.41) is 8.35. The van der Waals surface area contributed by atoms with Crippen molar-refractivity contribution in [2.45, 2.75) is 11.8 Å². The number of hydrogen-bond donors (Lipinski definition) is 3. The first-order chi connectivity index (χ1) is 16.1. The maximum absolute atomic E-state index is 14.9. The van der Waals surface area contributed by atoms with Crippen LogP contribution >= 0.6 is 0 Å². The number of rotatable bonds is 5. The van der Waals surface area contributed by atoms with Gasteiger partial charge in [0.2, 0.25) is 10.0 Å². The first kappa shape index (κ1) is 23.0. The Labute approximate surface area is 195 Å². The van der Waals surface area contributed by atoms with Gasteiger partial charge in [0.1, 0.15) is 12.1 Å². The summed E-state index contributed by atoms with van der Waals surface area (Å²) in [6, 6.07) is 17.6. The van der Waals surface area contributed by atoms with Crippen molar-refractivity contribution < 1.29 is 17.6 Å². The number of nitrogens with zero attached hydrogens (tertiary/aromatic N) is 2. The van der Waals surface area contributed by atoms with E-state index in [9.17, 15) is 17.6 Å². The third kappa shape index (κ3) is 4.63. The molecule has 0 spiro atoms. The molecule has 1 amide bonds. The molecule has 0 aliphatic carbocycles. The van der Waals surface area contributed by atoms with Crippen LogP contribution in [0.2, 0.25) is 0 Å². The third-order valence-corrected chi connectivity index (χ3v) is 6.24. The van der Waals surface area contributed by atoms with Crippen LogP contribution in [0.1, 0.15) is 12.5 Å². The number of amides is 1. The molecule has 0 aliphatic rings. The van der Waals surface area contributed by atoms with E-state index < -0.39 is 21.8 Å². The van der Waals surface area contributed by atoms with Crippen LogP contribution in [0.3, 0.4) is 0 Å². The van der Waals surface area contributed by atoms with Crippen molar-refractivity contribution in [1.29, 1.82) is 0 Å². The van der Waals surface area contributed by atoms with Crippen LogP contribution in [0.25, 0.3) is 27.6 Å². The van der Waals surface area contributed by atoms with E-state index in [0.717, 1.165) is 0 Å². The summed E-state index contributed by atoms with van der Waals surface area (Å²) in [5.74, 6) is -1.63. The van der Waals surface area contributed by atoms with Gasteiger partial charge in [0.15, 0.2) is 5.83 Å². The van der Waals surface area contributed by atoms with E-state index >= 15 is 0 Å². The SMILES string of the molecule is C/C(=C(/F)C(=O)Nc1ccc(-c2ccccc2S(N)(=O)=O)cc1)c1ccc2ncnc(N)c2c1. The molecule has 0 saturated heterocycles. The number of hydrogen-bond acceptors (Lipinski definition) is 6. The Kier molecular flexibility index (Phi) is 6.10. The summed E-state index contributed by atoms with van der Waals surface area (Å²) in [5.41, 5.74) is 8.40. The van der Waals surface area contributed by atoms with Crippen molar-refractivity contribution in [1.82, 2.24) is 9.97 Å². The molecule has 1 heterocycles. The predicted octanol–water partition coefficient (Wildman–Crippen LogP) is 3.87. The van der Waals surface area contributed by atoms with E-state index in [0.29, 0.717) is 33.3 Å². The Morgan fingerprint density at radius 3 is 2.41 bits per heavy atom. The molecule has 3 aromatic carbocycles. The van der Waals surface area contributed by atoms with E-state index in [1.165, 1.54) is 19.3 Å². The molecule has 0 unspecified atom stereocenters. The van der Waals surface area contributed by atoms with Crippen LogP contribution in [0.15, 0.2) is 83.8 Å². The number of carbonyl (C=O) groups excluding carboxylic acids is 1. The highest BCUT2D eigenvalue weighted by Crippen LogP contribution is 2.29. The second-order valence-corrected chi connectivity index (χ2v) is 9.03. The van der Waals surface area contributed by atoms with Crippen LogP contribution in [0.5, 0.6) is 0 Å². The number of nitrogens with two attached hydrogens (primary N) is 2. The average molecular weight is 478 g/mol. The number of allylic oxidation sites excluding steroid dienone is 1. The highest BCUT2D eigenvalue weighted by atomic mass is 32.2. The summed E-state index contributed by atoms with van der Waals surface area (Å²) in [4.78, 5) is 20.5. The predicted molar refractivity (Wildman–Crippen MR) is 130 cm³/mol. The van der Waals surface area contributed by atoms with Gasteiger partial charge in [-0.3, -0.25) is 4.79 Å². The minimum atomic E-state index is -3.92. The number of benzene rings is 3. The van der Waals surface area contributed by atoms with Crippen molar-refractivity contribution in [3.05, 3.63) is 84.4 Å². The maximum atomic E-state index is 14.9. The summed E-state index contributed by atoms with van der Waals surface area (Å²) in [6.45, 7) is 1.49. The summed E-state index contributed by atoms with van der Waals surface area (Å²) >= 11 is 0. The smallest absolute Gasteiger partial charge is 0.284 e. The van der Waals surface area contributed by atoms with E-state index in [-0.39, 0.29) is 16.3 Å². The van der Waals surface area contributed by atoms with Crippen LogP contribution in [0.4, 0.5) is 15.9 Å². The molecule has 0 saturated carbocycles. The van der Waals surface area contributed by atoms with Crippen LogP contribution in [0, 0.1) is 0 Å². The number of halogens is 1. The first-order valence-corrected chi connectivity index (χ1v) is 11.6. The molecular formula is C24H20FN5O3S. The third-order valence-electron chi connectivity index (χ3n) is 5.28. The normalized spacial score (nSPS) is 12.3. The van der Waals surface area contributed by atoms with Gasteiger partial charge in [-0.25, -0.2) is 27.9 Å². The number of fused-ring (bicyclic) bond motifs is 1. The number of anilines is 2. The lowest BCUT2D eigenvalue weighted by Crippen LogP contribution is -2.13. The fourth-order valence-corrected chi connectivity index (χ4v) is 4.24. The zero-order valence-corrected chi connectivity index (χ0v) is 18.8. The van der Waals surface area contributed by atoms with Crippen molar-refractivity contribution >= 4 is 43.9 Å². The number of aromatic nitrogens is 2. The molecule has 4 rings (SSSR count). The fourth-order valence-electron chi connectivity index (χ4n) is 3.48. The Hall–Kier alpha value is -4.15. The van der Waals surface area contributed by atoms with Gasteiger partial charge in [-0.2, -0.15) is 0 Å². The van der Waals surface area contributed by atoms with Crippen molar-refractivity contribution in [2.75, 3.05) is 11.1 Å². The molecule has 0 atom stereocenters. The molecule has 172 valence electrons. The molecule has 0 fully saturated rings. The van der Waals surface area contributed by atoms with Crippen LogP contribution < -0.4 is 16.2 Å². The van der Waals surface area contributed by atoms with E-state index in [4.69, 9.17) is 10.9 Å². The van der Waals surface area contributed by atoms with Crippen molar-refractivity contribution in [3.63, 3.8) is 0 Å². The van der Waals surface area contributed by atoms with Gasteiger partial charge < -0.3 is 11.1 Å². The molecular weight excluding hydrogens is 457 g/mol. The van der Waals surface area contributed by atoms with Crippen molar-refractivity contribution in [3.8, 4) is 11.1 Å². The van der Waals surface area contributed by atoms with E-state index in [1.807, 2.05) is 0 Å². The summed E-state index contributed by atoms with van der Waals surface area (Å²) in [7, 11) is -3.92. The minimum absolute atomic E-state index is 0.0159. The van der Waals surface area contributed by atoms with Crippen LogP contribution in [-0.4, -0.2) is 24.3 Å². The Balaban J connectivity index is 1.57. The van der Waals surface area contributed by atoms with Gasteiger partial charge in [0, 0.05) is 16.6 Å². The number of sulfonamides is 1. The number of nitrogen functional groups attached to an aromatic ring is 1. The lowest BCUT2D eigenvalue weighted by molar-refractivity contribution is -0.114. The fraction of sp³-hybridized carbons (Fsp3) is 0.0417. The van der Waals surface area contributed by atoms with E-state index in [1.54, 1.807) is 60.7 Å². The standard InChI is InChI=1S/C24H20FN5O3S/c1-14(16-8-11-20-19(12-16)23(26)29-13-28-20)22(25)24(31)30-17-9-6-15(7-10-17)18-4-2-3-5-21(18)34(27,32)33/h2-13H,1H3,(H,30,31)(H2,26,28,29)(H2,27,32,33)/b22-14-. The molecule has 4 aromatic rings. The molecule has 34 heavy (non-hydrogen) atoms. The first-order valence-electron chi connectivity index (χ1n) is 10.1. The van der Waals surface area contributed by atoms with Gasteiger partial charge in [0.05, 0.1) is 10.4 Å². The van der Waals surface area contributed by atoms with E-state index in [2.05, 4.69) is 15.3 Å². The number of primary sulfonamides is 1. The van der Waals surface area contributed by atoms with Gasteiger partial charge in [-0.15, -0.1) is 0 Å².